The first-order valence-electron chi connectivity index (χ1n) is 10.7. The van der Waals surface area contributed by atoms with Gasteiger partial charge < -0.3 is 11.1 Å². The van der Waals surface area contributed by atoms with Gasteiger partial charge in [-0.2, -0.15) is 0 Å². The van der Waals surface area contributed by atoms with Crippen LogP contribution < -0.4 is 11.1 Å². The van der Waals surface area contributed by atoms with E-state index in [0.717, 1.165) is 65.2 Å². The third-order valence-electron chi connectivity index (χ3n) is 6.53. The fraction of sp³-hybridized carbons (Fsp3) is 0.900. The molecule has 3 amide bonds. The number of likely N-dealkylation sites (N-methyl/N-ethyl adjacent to an activating group) is 1. The molecule has 3 N–H and O–H groups in total. The van der Waals surface area contributed by atoms with Crippen LogP contribution in [0.15, 0.2) is 0 Å². The Labute approximate surface area is 164 Å². The molecule has 0 aromatic heterocycles. The van der Waals surface area contributed by atoms with Crippen LogP contribution in [0.2, 0.25) is 0 Å². The van der Waals surface area contributed by atoms with E-state index in [1.807, 2.05) is 0 Å². The largest absolute Gasteiger partial charge is 0.419 e. The van der Waals surface area contributed by atoms with Gasteiger partial charge in [0, 0.05) is 45.2 Å². The van der Waals surface area contributed by atoms with Crippen molar-refractivity contribution in [3.8, 4) is 0 Å². The Morgan fingerprint density at radius 3 is 2.00 bits per heavy atom. The van der Waals surface area contributed by atoms with Gasteiger partial charge in [0.05, 0.1) is 6.04 Å². The normalized spacial score (nSPS) is 24.2. The van der Waals surface area contributed by atoms with Crippen LogP contribution in [0.5, 0.6) is 0 Å². The van der Waals surface area contributed by atoms with Crippen LogP contribution in [-0.2, 0) is 4.79 Å². The van der Waals surface area contributed by atoms with E-state index in [0.29, 0.717) is 16.6 Å². The van der Waals surface area contributed by atoms with Crippen molar-refractivity contribution < 1.29 is 14.1 Å². The maximum absolute atomic E-state index is 12.9. The number of quaternary nitrogens is 1. The van der Waals surface area contributed by atoms with Crippen LogP contribution in [0.4, 0.5) is 4.79 Å². The summed E-state index contributed by atoms with van der Waals surface area (Å²) >= 11 is 0. The number of carbonyl (C=O) groups is 2. The molecule has 7 heteroatoms. The van der Waals surface area contributed by atoms with Crippen LogP contribution in [0.1, 0.15) is 46.0 Å². The summed E-state index contributed by atoms with van der Waals surface area (Å²) in [4.78, 5) is 27.8. The summed E-state index contributed by atoms with van der Waals surface area (Å²) in [7, 11) is 2.14. The van der Waals surface area contributed by atoms with Gasteiger partial charge in [0.2, 0.25) is 5.91 Å². The minimum atomic E-state index is -0.102. The highest BCUT2D eigenvalue weighted by molar-refractivity contribution is 5.76. The molecular formula is C20H40N5O2+. The summed E-state index contributed by atoms with van der Waals surface area (Å²) in [6.45, 7) is 11.9. The molecule has 3 fully saturated rings. The minimum absolute atomic E-state index is 0.102. The zero-order chi connectivity index (χ0) is 19.9. The number of urea groups is 1. The lowest BCUT2D eigenvalue weighted by atomic mass is 9.89. The van der Waals surface area contributed by atoms with E-state index in [4.69, 9.17) is 5.73 Å². The summed E-state index contributed by atoms with van der Waals surface area (Å²) in [6.07, 6.45) is 5.70. The van der Waals surface area contributed by atoms with Crippen molar-refractivity contribution in [2.45, 2.75) is 52.0 Å². The van der Waals surface area contributed by atoms with Crippen molar-refractivity contribution in [1.82, 2.24) is 15.1 Å². The quantitative estimate of drug-likeness (QED) is 0.704. The van der Waals surface area contributed by atoms with Crippen LogP contribution >= 0.6 is 0 Å². The maximum atomic E-state index is 12.9. The van der Waals surface area contributed by atoms with Crippen LogP contribution in [0, 0.1) is 5.92 Å². The van der Waals surface area contributed by atoms with Gasteiger partial charge in [0.15, 0.2) is 0 Å². The average Bonchev–Trinajstić information content (AvgIpc) is 2.70. The van der Waals surface area contributed by atoms with Crippen molar-refractivity contribution in [2.24, 2.45) is 11.7 Å². The molecule has 0 unspecified atom stereocenters. The zero-order valence-electron chi connectivity index (χ0n) is 17.6. The fourth-order valence-corrected chi connectivity index (χ4v) is 4.38. The Balaban J connectivity index is 0.000000244. The van der Waals surface area contributed by atoms with Gasteiger partial charge in [-0.05, 0) is 33.7 Å². The molecular weight excluding hydrogens is 342 g/mol. The van der Waals surface area contributed by atoms with Gasteiger partial charge >= 0.3 is 6.03 Å². The number of hydrogen-bond donors (Lipinski definition) is 2. The van der Waals surface area contributed by atoms with Crippen molar-refractivity contribution >= 4 is 11.9 Å². The lowest BCUT2D eigenvalue weighted by Gasteiger charge is -2.46. The second-order valence-corrected chi connectivity index (χ2v) is 8.64. The molecule has 0 aromatic carbocycles. The third kappa shape index (κ3) is 5.90. The van der Waals surface area contributed by atoms with Gasteiger partial charge in [-0.25, -0.2) is 9.28 Å². The topological polar surface area (TPSA) is 78.7 Å². The molecule has 7 nitrogen and oxygen atoms in total. The molecule has 2 heterocycles. The summed E-state index contributed by atoms with van der Waals surface area (Å²) in [5.41, 5.74) is 5.13. The van der Waals surface area contributed by atoms with Gasteiger partial charge in [0.25, 0.3) is 0 Å². The smallest absolute Gasteiger partial charge is 0.369 e. The zero-order valence-corrected chi connectivity index (χ0v) is 17.6. The summed E-state index contributed by atoms with van der Waals surface area (Å²) in [5.74, 6) is 0.0912. The second kappa shape index (κ2) is 10.4. The van der Waals surface area contributed by atoms with Gasteiger partial charge in [-0.15, -0.1) is 0 Å². The van der Waals surface area contributed by atoms with E-state index in [-0.39, 0.29) is 11.8 Å². The van der Waals surface area contributed by atoms with Gasteiger partial charge in [-0.1, -0.05) is 19.3 Å². The molecule has 27 heavy (non-hydrogen) atoms. The highest BCUT2D eigenvalue weighted by atomic mass is 16.2. The number of primary amides is 1. The standard InChI is InChI=1S/C13H27N4O.C7H13NO/c1-12(2)17(10-8-15(3)9-11-17)13(18)16-6-4-14-5-7-16;8-7(9)6-4-2-1-3-5-6/h12,14H,4-11H2,1-3H3;6H,1-5H2,(H2,8,9)/q+1;. The van der Waals surface area contributed by atoms with Crippen LogP contribution in [0.25, 0.3) is 0 Å². The number of piperazine rings is 2. The first-order chi connectivity index (χ1) is 12.9. The monoisotopic (exact) mass is 382 g/mol. The highest BCUT2D eigenvalue weighted by Gasteiger charge is 2.45. The highest BCUT2D eigenvalue weighted by Crippen LogP contribution is 2.23. The predicted molar refractivity (Wildman–Crippen MR) is 108 cm³/mol. The fourth-order valence-electron chi connectivity index (χ4n) is 4.38. The van der Waals surface area contributed by atoms with E-state index >= 15 is 0 Å². The van der Waals surface area contributed by atoms with E-state index in [1.165, 1.54) is 19.3 Å². The van der Waals surface area contributed by atoms with E-state index in [9.17, 15) is 9.59 Å². The van der Waals surface area contributed by atoms with E-state index in [1.54, 1.807) is 0 Å². The van der Waals surface area contributed by atoms with Crippen molar-refractivity contribution in [2.75, 3.05) is 59.4 Å². The second-order valence-electron chi connectivity index (χ2n) is 8.64. The van der Waals surface area contributed by atoms with Crippen molar-refractivity contribution in [1.29, 1.82) is 0 Å². The van der Waals surface area contributed by atoms with Gasteiger partial charge in [-0.3, -0.25) is 14.6 Å². The average molecular weight is 383 g/mol. The molecule has 156 valence electrons. The lowest BCUT2D eigenvalue weighted by Crippen LogP contribution is -2.69. The first-order valence-corrected chi connectivity index (χ1v) is 10.7. The number of rotatable bonds is 2. The Hall–Kier alpha value is -1.18. The Kier molecular flexibility index (Phi) is 8.51. The lowest BCUT2D eigenvalue weighted by molar-refractivity contribution is -0.879. The number of nitrogens with one attached hydrogen (secondary N) is 1. The molecule has 3 aliphatic rings. The Morgan fingerprint density at radius 2 is 1.56 bits per heavy atom. The van der Waals surface area contributed by atoms with Crippen LogP contribution in [-0.4, -0.2) is 91.7 Å². The molecule has 1 aliphatic carbocycles. The SMILES string of the molecule is CC(C)[N+]1(C(=O)N2CCNCC2)CCN(C)CC1.NC(=O)C1CCCCC1. The number of amides is 3. The molecule has 3 rings (SSSR count). The number of nitrogens with zero attached hydrogens (tertiary/aromatic N) is 3. The molecule has 0 spiro atoms. The Bertz CT molecular complexity index is 477. The summed E-state index contributed by atoms with van der Waals surface area (Å²) < 4.78 is 0.643. The van der Waals surface area contributed by atoms with E-state index < -0.39 is 0 Å². The number of carbonyl (C=O) groups excluding carboxylic acids is 2. The predicted octanol–water partition coefficient (Wildman–Crippen LogP) is 1.23. The summed E-state index contributed by atoms with van der Waals surface area (Å²) in [5, 5.41) is 3.31. The number of hydrogen-bond acceptors (Lipinski definition) is 4. The molecule has 0 atom stereocenters. The molecule has 0 radical (unpaired) electrons. The molecule has 0 bridgehead atoms. The Morgan fingerprint density at radius 1 is 1.00 bits per heavy atom. The molecule has 1 saturated carbocycles. The van der Waals surface area contributed by atoms with Crippen LogP contribution in [0.3, 0.4) is 0 Å². The number of nitrogens with two attached hydrogens (primary N) is 1. The minimum Gasteiger partial charge on any atom is -0.369 e. The maximum Gasteiger partial charge on any atom is 0.419 e. The molecule has 2 saturated heterocycles. The molecule has 2 aliphatic heterocycles. The third-order valence-corrected chi connectivity index (χ3v) is 6.53. The first kappa shape index (κ1) is 22.1. The summed E-state index contributed by atoms with van der Waals surface area (Å²) in [6, 6.07) is 0.723. The van der Waals surface area contributed by atoms with Crippen molar-refractivity contribution in [3.05, 3.63) is 0 Å². The molecule has 0 aromatic rings. The van der Waals surface area contributed by atoms with Gasteiger partial charge in [0.1, 0.15) is 13.1 Å². The van der Waals surface area contributed by atoms with Crippen molar-refractivity contribution in [3.63, 3.8) is 0 Å². The van der Waals surface area contributed by atoms with E-state index in [2.05, 4.69) is 36.0 Å².